The Morgan fingerprint density at radius 3 is 2.65 bits per heavy atom. The molecule has 0 bridgehead atoms. The van der Waals surface area contributed by atoms with Gasteiger partial charge in [0, 0.05) is 18.5 Å². The average molecular weight is 276 g/mol. The minimum Gasteiger partial charge on any atom is -0.335 e. The van der Waals surface area contributed by atoms with Crippen molar-refractivity contribution in [1.29, 1.82) is 0 Å². The second-order valence-electron chi connectivity index (χ2n) is 5.85. The molecule has 4 heteroatoms. The molecule has 1 aromatic rings. The van der Waals surface area contributed by atoms with E-state index in [0.717, 1.165) is 44.3 Å². The van der Waals surface area contributed by atoms with Gasteiger partial charge in [-0.25, -0.2) is 4.39 Å². The van der Waals surface area contributed by atoms with E-state index in [-0.39, 0.29) is 17.6 Å². The van der Waals surface area contributed by atoms with E-state index in [1.165, 1.54) is 12.1 Å². The molecule has 1 amide bonds. The summed E-state index contributed by atoms with van der Waals surface area (Å²) in [6.07, 6.45) is 4.02. The quantitative estimate of drug-likeness (QED) is 0.915. The number of amides is 1. The van der Waals surface area contributed by atoms with Gasteiger partial charge in [0.05, 0.1) is 0 Å². The first kappa shape index (κ1) is 13.6. The molecule has 0 aromatic heterocycles. The van der Waals surface area contributed by atoms with Crippen molar-refractivity contribution >= 4 is 5.91 Å². The van der Waals surface area contributed by atoms with E-state index in [1.54, 1.807) is 6.07 Å². The number of benzene rings is 1. The molecular weight excluding hydrogens is 255 g/mol. The summed E-state index contributed by atoms with van der Waals surface area (Å²) in [5.41, 5.74) is 0.888. The minimum atomic E-state index is -0.229. The molecule has 2 fully saturated rings. The normalized spacial score (nSPS) is 19.9. The minimum absolute atomic E-state index is 0.144. The average Bonchev–Trinajstić information content (AvgIpc) is 3.30. The molecule has 20 heavy (non-hydrogen) atoms. The lowest BCUT2D eigenvalue weighted by Gasteiger charge is -2.30. The van der Waals surface area contributed by atoms with Crippen molar-refractivity contribution in [3.63, 3.8) is 0 Å². The fraction of sp³-hybridized carbons (Fsp3) is 0.562. The van der Waals surface area contributed by atoms with Crippen molar-refractivity contribution in [2.24, 2.45) is 5.92 Å². The summed E-state index contributed by atoms with van der Waals surface area (Å²) in [5.74, 6) is 0.177. The molecule has 1 saturated heterocycles. The van der Waals surface area contributed by atoms with Gasteiger partial charge in [0.2, 0.25) is 5.91 Å². The maximum atomic E-state index is 13.3. The van der Waals surface area contributed by atoms with E-state index in [0.29, 0.717) is 12.6 Å². The van der Waals surface area contributed by atoms with Crippen molar-refractivity contribution in [3.05, 3.63) is 35.6 Å². The van der Waals surface area contributed by atoms with Crippen LogP contribution in [0.15, 0.2) is 24.3 Å². The van der Waals surface area contributed by atoms with Gasteiger partial charge >= 0.3 is 0 Å². The van der Waals surface area contributed by atoms with Crippen LogP contribution in [0.1, 0.15) is 31.2 Å². The molecule has 1 N–H and O–H groups in total. The predicted octanol–water partition coefficient (Wildman–Crippen LogP) is 2.32. The molecule has 0 unspecified atom stereocenters. The topological polar surface area (TPSA) is 32.3 Å². The molecule has 0 spiro atoms. The van der Waals surface area contributed by atoms with Crippen LogP contribution in [0.5, 0.6) is 0 Å². The zero-order valence-electron chi connectivity index (χ0n) is 11.6. The summed E-state index contributed by atoms with van der Waals surface area (Å²) in [7, 11) is 0. The number of hydrogen-bond acceptors (Lipinski definition) is 2. The third-order valence-electron chi connectivity index (χ3n) is 4.20. The first-order valence-electron chi connectivity index (χ1n) is 7.49. The Balaban J connectivity index is 1.70. The maximum absolute atomic E-state index is 13.3. The Morgan fingerprint density at radius 1 is 1.25 bits per heavy atom. The lowest BCUT2D eigenvalue weighted by molar-refractivity contribution is -0.137. The number of halogens is 1. The summed E-state index contributed by atoms with van der Waals surface area (Å²) in [6.45, 7) is 2.40. The zero-order valence-corrected chi connectivity index (χ0v) is 11.6. The molecular formula is C16H21FN2O. The SMILES string of the molecule is O=C(C1CCNCC1)N(Cc1cccc(F)c1)C1CC1. The zero-order chi connectivity index (χ0) is 13.9. The van der Waals surface area contributed by atoms with Gasteiger partial charge < -0.3 is 10.2 Å². The Labute approximate surface area is 119 Å². The summed E-state index contributed by atoms with van der Waals surface area (Å²) in [4.78, 5) is 14.7. The van der Waals surface area contributed by atoms with Gasteiger partial charge in [-0.3, -0.25) is 4.79 Å². The highest BCUT2D eigenvalue weighted by atomic mass is 19.1. The number of piperidine rings is 1. The Bertz CT molecular complexity index is 481. The van der Waals surface area contributed by atoms with Crippen molar-refractivity contribution in [3.8, 4) is 0 Å². The van der Waals surface area contributed by atoms with E-state index < -0.39 is 0 Å². The van der Waals surface area contributed by atoms with Crippen LogP contribution in [-0.2, 0) is 11.3 Å². The third-order valence-corrected chi connectivity index (χ3v) is 4.20. The van der Waals surface area contributed by atoms with Crippen molar-refractivity contribution in [1.82, 2.24) is 10.2 Å². The van der Waals surface area contributed by atoms with Gasteiger partial charge in [0.1, 0.15) is 5.82 Å². The second kappa shape index (κ2) is 5.92. The first-order valence-corrected chi connectivity index (χ1v) is 7.49. The number of rotatable bonds is 4. The molecule has 1 aliphatic heterocycles. The van der Waals surface area contributed by atoms with Gasteiger partial charge in [-0.1, -0.05) is 12.1 Å². The van der Waals surface area contributed by atoms with E-state index in [1.807, 2.05) is 11.0 Å². The van der Waals surface area contributed by atoms with E-state index in [4.69, 9.17) is 0 Å². The number of hydrogen-bond donors (Lipinski definition) is 1. The molecule has 0 atom stereocenters. The number of carbonyl (C=O) groups is 1. The van der Waals surface area contributed by atoms with Crippen LogP contribution in [0.25, 0.3) is 0 Å². The molecule has 108 valence electrons. The van der Waals surface area contributed by atoms with Crippen LogP contribution in [0.4, 0.5) is 4.39 Å². The highest BCUT2D eigenvalue weighted by Gasteiger charge is 2.36. The van der Waals surface area contributed by atoms with Crippen LogP contribution < -0.4 is 5.32 Å². The molecule has 1 saturated carbocycles. The molecule has 1 heterocycles. The lowest BCUT2D eigenvalue weighted by atomic mass is 9.96. The second-order valence-corrected chi connectivity index (χ2v) is 5.85. The Kier molecular flexibility index (Phi) is 4.01. The summed E-state index contributed by atoms with van der Waals surface area (Å²) in [5, 5.41) is 3.29. The number of nitrogens with zero attached hydrogens (tertiary/aromatic N) is 1. The highest BCUT2D eigenvalue weighted by Crippen LogP contribution is 2.31. The van der Waals surface area contributed by atoms with Gasteiger partial charge in [-0.05, 0) is 56.5 Å². The molecule has 3 nitrogen and oxygen atoms in total. The third kappa shape index (κ3) is 3.18. The molecule has 0 radical (unpaired) electrons. The van der Waals surface area contributed by atoms with E-state index in [9.17, 15) is 9.18 Å². The Morgan fingerprint density at radius 2 is 2.00 bits per heavy atom. The van der Waals surface area contributed by atoms with Gasteiger partial charge in [-0.2, -0.15) is 0 Å². The number of nitrogens with one attached hydrogen (secondary N) is 1. The first-order chi connectivity index (χ1) is 9.74. The predicted molar refractivity (Wildman–Crippen MR) is 75.6 cm³/mol. The molecule has 1 aromatic carbocycles. The molecule has 3 rings (SSSR count). The van der Waals surface area contributed by atoms with Crippen molar-refractivity contribution in [2.75, 3.05) is 13.1 Å². The highest BCUT2D eigenvalue weighted by molar-refractivity contribution is 5.79. The van der Waals surface area contributed by atoms with E-state index >= 15 is 0 Å². The van der Waals surface area contributed by atoms with Gasteiger partial charge in [-0.15, -0.1) is 0 Å². The lowest BCUT2D eigenvalue weighted by Crippen LogP contribution is -2.41. The number of carbonyl (C=O) groups excluding carboxylic acids is 1. The molecule has 1 aliphatic carbocycles. The summed E-state index contributed by atoms with van der Waals surface area (Å²) in [6, 6.07) is 6.96. The molecule has 2 aliphatic rings. The fourth-order valence-corrected chi connectivity index (χ4v) is 2.91. The van der Waals surface area contributed by atoms with Gasteiger partial charge in [0.25, 0.3) is 0 Å². The summed E-state index contributed by atoms with van der Waals surface area (Å²) < 4.78 is 13.3. The van der Waals surface area contributed by atoms with Crippen LogP contribution >= 0.6 is 0 Å². The van der Waals surface area contributed by atoms with Crippen molar-refractivity contribution in [2.45, 2.75) is 38.3 Å². The van der Waals surface area contributed by atoms with E-state index in [2.05, 4.69) is 5.32 Å². The Hall–Kier alpha value is -1.42. The monoisotopic (exact) mass is 276 g/mol. The smallest absolute Gasteiger partial charge is 0.226 e. The van der Waals surface area contributed by atoms with Crippen LogP contribution in [0.3, 0.4) is 0 Å². The largest absolute Gasteiger partial charge is 0.335 e. The maximum Gasteiger partial charge on any atom is 0.226 e. The van der Waals surface area contributed by atoms with Crippen LogP contribution in [0, 0.1) is 11.7 Å². The van der Waals surface area contributed by atoms with Crippen LogP contribution in [0.2, 0.25) is 0 Å². The van der Waals surface area contributed by atoms with Crippen LogP contribution in [-0.4, -0.2) is 29.9 Å². The summed E-state index contributed by atoms with van der Waals surface area (Å²) >= 11 is 0. The van der Waals surface area contributed by atoms with Crippen molar-refractivity contribution < 1.29 is 9.18 Å². The standard InChI is InChI=1S/C16H21FN2O/c17-14-3-1-2-12(10-14)11-19(15-4-5-15)16(20)13-6-8-18-9-7-13/h1-3,10,13,15,18H,4-9,11H2. The fourth-order valence-electron chi connectivity index (χ4n) is 2.91. The van der Waals surface area contributed by atoms with Gasteiger partial charge in [0.15, 0.2) is 0 Å².